The lowest BCUT2D eigenvalue weighted by Gasteiger charge is -2.31. The van der Waals surface area contributed by atoms with Gasteiger partial charge in [-0.05, 0) is 42.7 Å². The van der Waals surface area contributed by atoms with Crippen LogP contribution in [0.2, 0.25) is 0 Å². The van der Waals surface area contributed by atoms with Crippen molar-refractivity contribution < 1.29 is 4.79 Å². The maximum atomic E-state index is 13.4. The molecular weight excluding hydrogens is 418 g/mol. The summed E-state index contributed by atoms with van der Waals surface area (Å²) in [7, 11) is 0. The maximum Gasteiger partial charge on any atom is 0.277 e. The van der Waals surface area contributed by atoms with E-state index in [1.807, 2.05) is 54.6 Å². The molecule has 1 aromatic heterocycles. The lowest BCUT2D eigenvalue weighted by molar-refractivity contribution is -0.116. The lowest BCUT2D eigenvalue weighted by Crippen LogP contribution is -2.29. The molecule has 3 aromatic rings. The van der Waals surface area contributed by atoms with Gasteiger partial charge in [-0.25, -0.2) is 4.68 Å². The van der Waals surface area contributed by atoms with E-state index in [9.17, 15) is 9.59 Å². The number of H-pyrrole nitrogens is 1. The van der Waals surface area contributed by atoms with Crippen molar-refractivity contribution >= 4 is 27.5 Å². The summed E-state index contributed by atoms with van der Waals surface area (Å²) >= 11 is 3.52. The van der Waals surface area contributed by atoms with E-state index < -0.39 is 0 Å². The molecule has 0 unspecified atom stereocenters. The number of Topliss-reactive ketones (excluding diaryl/α,β-unsaturated/α-hetero) is 1. The van der Waals surface area contributed by atoms with E-state index in [1.165, 1.54) is 0 Å². The zero-order valence-corrected chi connectivity index (χ0v) is 16.6. The molecule has 28 heavy (non-hydrogen) atoms. The fourth-order valence-electron chi connectivity index (χ4n) is 4.22. The molecule has 0 bridgehead atoms. The summed E-state index contributed by atoms with van der Waals surface area (Å²) in [5.74, 6) is 0.425. The third kappa shape index (κ3) is 2.67. The number of anilines is 1. The molecule has 1 atom stereocenters. The smallest absolute Gasteiger partial charge is 0.277 e. The number of hydrogen-bond donors (Lipinski definition) is 2. The van der Waals surface area contributed by atoms with E-state index in [0.717, 1.165) is 39.8 Å². The fraction of sp³-hybridized carbons (Fsp3) is 0.182. The number of ketones is 1. The highest BCUT2D eigenvalue weighted by atomic mass is 79.9. The van der Waals surface area contributed by atoms with Crippen molar-refractivity contribution in [2.45, 2.75) is 25.2 Å². The Morgan fingerprint density at radius 1 is 1.00 bits per heavy atom. The van der Waals surface area contributed by atoms with Gasteiger partial charge in [-0.1, -0.05) is 46.3 Å². The number of para-hydroxylation sites is 1. The molecular formula is C22H18BrN3O2. The van der Waals surface area contributed by atoms with Crippen LogP contribution in [0.3, 0.4) is 0 Å². The highest BCUT2D eigenvalue weighted by molar-refractivity contribution is 9.10. The molecule has 0 amide bonds. The molecule has 6 heteroatoms. The van der Waals surface area contributed by atoms with E-state index >= 15 is 0 Å². The predicted octanol–water partition coefficient (Wildman–Crippen LogP) is 4.49. The normalized spacial score (nSPS) is 18.5. The molecule has 0 spiro atoms. The van der Waals surface area contributed by atoms with Gasteiger partial charge in [0.15, 0.2) is 5.78 Å². The minimum atomic E-state index is -0.370. The van der Waals surface area contributed by atoms with Crippen LogP contribution < -0.4 is 10.9 Å². The number of carbonyl (C=O) groups is 1. The number of nitrogens with zero attached hydrogens (tertiary/aromatic N) is 1. The van der Waals surface area contributed by atoms with E-state index in [4.69, 9.17) is 0 Å². The standard InChI is InChI=1S/C22H18BrN3O2/c23-14-7-4-6-13(12-14)18-19-16(10-5-11-17(19)27)24-21-20(18)22(28)26(25-21)15-8-2-1-3-9-15/h1-4,6-9,12,18,24-25H,5,10-11H2/t18-/m1/s1. The molecule has 2 aromatic carbocycles. The van der Waals surface area contributed by atoms with Gasteiger partial charge in [0.2, 0.25) is 0 Å². The maximum absolute atomic E-state index is 13.4. The van der Waals surface area contributed by atoms with Crippen molar-refractivity contribution in [3.63, 3.8) is 0 Å². The summed E-state index contributed by atoms with van der Waals surface area (Å²) in [4.78, 5) is 26.3. The summed E-state index contributed by atoms with van der Waals surface area (Å²) in [6.45, 7) is 0. The predicted molar refractivity (Wildman–Crippen MR) is 112 cm³/mol. The molecule has 140 valence electrons. The first kappa shape index (κ1) is 17.3. The van der Waals surface area contributed by atoms with Gasteiger partial charge < -0.3 is 5.32 Å². The molecule has 5 nitrogen and oxygen atoms in total. The SMILES string of the molecule is O=C1CCCC2=C1[C@@H](c1cccc(Br)c1)c1c([nH]n(-c3ccccc3)c1=O)N2. The largest absolute Gasteiger partial charge is 0.343 e. The summed E-state index contributed by atoms with van der Waals surface area (Å²) in [5, 5.41) is 6.56. The van der Waals surface area contributed by atoms with Gasteiger partial charge in [-0.2, -0.15) is 0 Å². The Labute approximate surface area is 170 Å². The highest BCUT2D eigenvalue weighted by Crippen LogP contribution is 2.43. The van der Waals surface area contributed by atoms with Crippen molar-refractivity contribution in [3.05, 3.63) is 91.8 Å². The van der Waals surface area contributed by atoms with E-state index in [0.29, 0.717) is 17.8 Å². The van der Waals surface area contributed by atoms with Crippen LogP contribution in [0.5, 0.6) is 0 Å². The van der Waals surface area contributed by atoms with E-state index in [-0.39, 0.29) is 17.3 Å². The first-order chi connectivity index (χ1) is 13.6. The number of halogens is 1. The zero-order valence-electron chi connectivity index (χ0n) is 15.0. The second-order valence-corrected chi connectivity index (χ2v) is 8.07. The second-order valence-electron chi connectivity index (χ2n) is 7.16. The van der Waals surface area contributed by atoms with Crippen LogP contribution in [0.15, 0.2) is 75.1 Å². The number of carbonyl (C=O) groups excluding carboxylic acids is 1. The number of rotatable bonds is 2. The Hall–Kier alpha value is -2.86. The summed E-state index contributed by atoms with van der Waals surface area (Å²) in [6.07, 6.45) is 2.16. The zero-order chi connectivity index (χ0) is 19.3. The van der Waals surface area contributed by atoms with E-state index in [2.05, 4.69) is 26.3 Å². The summed E-state index contributed by atoms with van der Waals surface area (Å²) in [6, 6.07) is 17.3. The molecule has 0 fully saturated rings. The Morgan fingerprint density at radius 2 is 1.82 bits per heavy atom. The van der Waals surface area contributed by atoms with Crippen molar-refractivity contribution in [2.24, 2.45) is 0 Å². The molecule has 0 radical (unpaired) electrons. The monoisotopic (exact) mass is 435 g/mol. The Kier molecular flexibility index (Phi) is 4.09. The second kappa shape index (κ2) is 6.63. The summed E-state index contributed by atoms with van der Waals surface area (Å²) in [5.41, 5.74) is 3.82. The molecule has 2 heterocycles. The van der Waals surface area contributed by atoms with Crippen molar-refractivity contribution in [1.82, 2.24) is 9.78 Å². The van der Waals surface area contributed by atoms with Crippen LogP contribution in [0.4, 0.5) is 5.82 Å². The van der Waals surface area contributed by atoms with Gasteiger partial charge >= 0.3 is 0 Å². The molecule has 1 aliphatic carbocycles. The minimum Gasteiger partial charge on any atom is -0.343 e. The lowest BCUT2D eigenvalue weighted by atomic mass is 9.77. The third-order valence-corrected chi connectivity index (χ3v) is 5.93. The van der Waals surface area contributed by atoms with Crippen LogP contribution >= 0.6 is 15.9 Å². The number of nitrogens with one attached hydrogen (secondary N) is 2. The molecule has 0 saturated heterocycles. The number of aromatic nitrogens is 2. The van der Waals surface area contributed by atoms with Gasteiger partial charge in [0.25, 0.3) is 5.56 Å². The van der Waals surface area contributed by atoms with E-state index in [1.54, 1.807) is 4.68 Å². The average molecular weight is 436 g/mol. The average Bonchev–Trinajstić information content (AvgIpc) is 3.03. The number of benzene rings is 2. The minimum absolute atomic E-state index is 0.122. The first-order valence-corrected chi connectivity index (χ1v) is 10.1. The topological polar surface area (TPSA) is 66.9 Å². The fourth-order valence-corrected chi connectivity index (χ4v) is 4.63. The summed E-state index contributed by atoms with van der Waals surface area (Å²) < 4.78 is 2.47. The Morgan fingerprint density at radius 3 is 2.61 bits per heavy atom. The third-order valence-electron chi connectivity index (χ3n) is 5.43. The number of aromatic amines is 1. The van der Waals surface area contributed by atoms with Gasteiger partial charge in [0.05, 0.1) is 11.3 Å². The van der Waals surface area contributed by atoms with Crippen LogP contribution in [0.1, 0.15) is 36.3 Å². The van der Waals surface area contributed by atoms with Gasteiger partial charge in [0, 0.05) is 28.1 Å². The first-order valence-electron chi connectivity index (χ1n) is 9.32. The quantitative estimate of drug-likeness (QED) is 0.622. The van der Waals surface area contributed by atoms with Crippen molar-refractivity contribution in [1.29, 1.82) is 0 Å². The Balaban J connectivity index is 1.76. The van der Waals surface area contributed by atoms with Gasteiger partial charge in [0.1, 0.15) is 5.82 Å². The Bertz CT molecular complexity index is 1170. The number of fused-ring (bicyclic) bond motifs is 1. The van der Waals surface area contributed by atoms with Gasteiger partial charge in [-0.3, -0.25) is 14.7 Å². The number of allylic oxidation sites excluding steroid dienone is 2. The molecule has 2 N–H and O–H groups in total. The van der Waals surface area contributed by atoms with Gasteiger partial charge in [-0.15, -0.1) is 0 Å². The van der Waals surface area contributed by atoms with Crippen LogP contribution in [-0.4, -0.2) is 15.6 Å². The van der Waals surface area contributed by atoms with Crippen LogP contribution in [-0.2, 0) is 4.79 Å². The number of hydrogen-bond acceptors (Lipinski definition) is 3. The highest BCUT2D eigenvalue weighted by Gasteiger charge is 2.38. The van der Waals surface area contributed by atoms with Crippen molar-refractivity contribution in [3.8, 4) is 5.69 Å². The van der Waals surface area contributed by atoms with Crippen LogP contribution in [0, 0.1) is 0 Å². The molecule has 0 saturated carbocycles. The molecule has 5 rings (SSSR count). The molecule has 1 aliphatic heterocycles. The van der Waals surface area contributed by atoms with Crippen molar-refractivity contribution in [2.75, 3.05) is 5.32 Å². The van der Waals surface area contributed by atoms with Crippen LogP contribution in [0.25, 0.3) is 5.69 Å². The molecule has 2 aliphatic rings.